The third-order valence-corrected chi connectivity index (χ3v) is 4.27. The molecule has 2 rings (SSSR count). The molecule has 0 radical (unpaired) electrons. The molecule has 1 aromatic rings. The van der Waals surface area contributed by atoms with Crippen molar-refractivity contribution in [1.82, 2.24) is 0 Å². The smallest absolute Gasteiger partial charge is 0.307 e. The first kappa shape index (κ1) is 14.3. The predicted molar refractivity (Wildman–Crippen MR) is 75.4 cm³/mol. The van der Waals surface area contributed by atoms with Gasteiger partial charge in [-0.15, -0.1) is 0 Å². The number of thioether (sulfide) groups is 1. The summed E-state index contributed by atoms with van der Waals surface area (Å²) in [6.45, 7) is 2.74. The maximum Gasteiger partial charge on any atom is 0.307 e. The van der Waals surface area contributed by atoms with E-state index in [4.69, 9.17) is 26.2 Å². The minimum absolute atomic E-state index is 0.349. The molecule has 19 heavy (non-hydrogen) atoms. The van der Waals surface area contributed by atoms with E-state index in [0.717, 1.165) is 5.56 Å². The summed E-state index contributed by atoms with van der Waals surface area (Å²) in [5, 5.41) is 9.35. The standard InChI is InChI=1S/C13H15ClO4S/c1-8(13(15)16)6-19-7-9-4-10(14)12-11(5-9)17-2-3-18-12/h4-5,8H,2-3,6-7H2,1H3,(H,15,16). The molecule has 0 fully saturated rings. The molecule has 0 aromatic heterocycles. The third-order valence-electron chi connectivity index (χ3n) is 2.71. The molecule has 104 valence electrons. The van der Waals surface area contributed by atoms with Gasteiger partial charge in [-0.2, -0.15) is 11.8 Å². The van der Waals surface area contributed by atoms with Gasteiger partial charge >= 0.3 is 5.97 Å². The second kappa shape index (κ2) is 6.39. The van der Waals surface area contributed by atoms with Crippen LogP contribution in [0.4, 0.5) is 0 Å². The maximum atomic E-state index is 10.7. The Kier molecular flexibility index (Phi) is 4.82. The summed E-state index contributed by atoms with van der Waals surface area (Å²) in [4.78, 5) is 10.7. The summed E-state index contributed by atoms with van der Waals surface area (Å²) in [5.41, 5.74) is 1.01. The van der Waals surface area contributed by atoms with Gasteiger partial charge in [0.2, 0.25) is 0 Å². The van der Waals surface area contributed by atoms with E-state index in [0.29, 0.717) is 41.2 Å². The number of rotatable bonds is 5. The molecule has 1 atom stereocenters. The van der Waals surface area contributed by atoms with Gasteiger partial charge < -0.3 is 14.6 Å². The molecule has 1 heterocycles. The Balaban J connectivity index is 1.98. The van der Waals surface area contributed by atoms with Crippen LogP contribution >= 0.6 is 23.4 Å². The topological polar surface area (TPSA) is 55.8 Å². The van der Waals surface area contributed by atoms with Crippen molar-refractivity contribution in [3.05, 3.63) is 22.7 Å². The second-order valence-electron chi connectivity index (χ2n) is 4.36. The molecule has 6 heteroatoms. The molecule has 1 aromatic carbocycles. The first-order valence-electron chi connectivity index (χ1n) is 5.96. The number of aliphatic carboxylic acids is 1. The summed E-state index contributed by atoms with van der Waals surface area (Å²) in [7, 11) is 0. The lowest BCUT2D eigenvalue weighted by Crippen LogP contribution is -2.15. The van der Waals surface area contributed by atoms with E-state index in [-0.39, 0.29) is 5.92 Å². The van der Waals surface area contributed by atoms with Gasteiger partial charge in [-0.05, 0) is 17.7 Å². The lowest BCUT2D eigenvalue weighted by atomic mass is 10.2. The normalized spacial score (nSPS) is 15.1. The number of halogens is 1. The van der Waals surface area contributed by atoms with Gasteiger partial charge in [0.15, 0.2) is 11.5 Å². The van der Waals surface area contributed by atoms with E-state index in [9.17, 15) is 4.79 Å². The fraction of sp³-hybridized carbons (Fsp3) is 0.462. The monoisotopic (exact) mass is 302 g/mol. The Labute approximate surface area is 121 Å². The zero-order chi connectivity index (χ0) is 13.8. The third kappa shape index (κ3) is 3.70. The van der Waals surface area contributed by atoms with Crippen LogP contribution in [0.15, 0.2) is 12.1 Å². The van der Waals surface area contributed by atoms with Crippen molar-refractivity contribution in [2.75, 3.05) is 19.0 Å². The number of ether oxygens (including phenoxy) is 2. The zero-order valence-electron chi connectivity index (χ0n) is 10.5. The van der Waals surface area contributed by atoms with Crippen molar-refractivity contribution in [3.8, 4) is 11.5 Å². The molecule has 1 aliphatic rings. The van der Waals surface area contributed by atoms with Crippen LogP contribution in [0.1, 0.15) is 12.5 Å². The van der Waals surface area contributed by atoms with Crippen LogP contribution in [0.3, 0.4) is 0 Å². The number of hydrogen-bond donors (Lipinski definition) is 1. The molecule has 1 aliphatic heterocycles. The highest BCUT2D eigenvalue weighted by Crippen LogP contribution is 2.39. The van der Waals surface area contributed by atoms with Crippen LogP contribution in [0.2, 0.25) is 5.02 Å². The maximum absolute atomic E-state index is 10.7. The van der Waals surface area contributed by atoms with Gasteiger partial charge in [-0.3, -0.25) is 4.79 Å². The van der Waals surface area contributed by atoms with E-state index < -0.39 is 5.97 Å². The summed E-state index contributed by atoms with van der Waals surface area (Å²) in [5.74, 6) is 1.42. The molecule has 1 unspecified atom stereocenters. The van der Waals surface area contributed by atoms with Crippen molar-refractivity contribution in [2.45, 2.75) is 12.7 Å². The number of benzene rings is 1. The number of hydrogen-bond acceptors (Lipinski definition) is 4. The van der Waals surface area contributed by atoms with Crippen molar-refractivity contribution < 1.29 is 19.4 Å². The lowest BCUT2D eigenvalue weighted by Gasteiger charge is -2.20. The van der Waals surface area contributed by atoms with E-state index in [2.05, 4.69) is 0 Å². The summed E-state index contributed by atoms with van der Waals surface area (Å²) >= 11 is 7.70. The number of carboxylic acids is 1. The molecule has 0 aliphatic carbocycles. The van der Waals surface area contributed by atoms with E-state index in [1.165, 1.54) is 0 Å². The first-order valence-corrected chi connectivity index (χ1v) is 7.49. The molecule has 0 bridgehead atoms. The molecular formula is C13H15ClO4S. The van der Waals surface area contributed by atoms with Gasteiger partial charge in [0.05, 0.1) is 10.9 Å². The van der Waals surface area contributed by atoms with E-state index in [1.54, 1.807) is 18.7 Å². The van der Waals surface area contributed by atoms with Crippen molar-refractivity contribution >= 4 is 29.3 Å². The largest absolute Gasteiger partial charge is 0.486 e. The summed E-state index contributed by atoms with van der Waals surface area (Å²) in [6.07, 6.45) is 0. The quantitative estimate of drug-likeness (QED) is 0.906. The Morgan fingerprint density at radius 3 is 2.95 bits per heavy atom. The van der Waals surface area contributed by atoms with Crippen LogP contribution in [0, 0.1) is 5.92 Å². The SMILES string of the molecule is CC(CSCc1cc(Cl)c2c(c1)OCCO2)C(=O)O. The van der Waals surface area contributed by atoms with Crippen molar-refractivity contribution in [3.63, 3.8) is 0 Å². The molecule has 0 amide bonds. The molecule has 0 saturated heterocycles. The van der Waals surface area contributed by atoms with Crippen LogP contribution in [-0.2, 0) is 10.5 Å². The van der Waals surface area contributed by atoms with Crippen LogP contribution in [0.5, 0.6) is 11.5 Å². The average molecular weight is 303 g/mol. The Hall–Kier alpha value is -1.07. The molecule has 1 N–H and O–H groups in total. The van der Waals surface area contributed by atoms with Gasteiger partial charge in [-0.1, -0.05) is 18.5 Å². The zero-order valence-corrected chi connectivity index (χ0v) is 12.1. The summed E-state index contributed by atoms with van der Waals surface area (Å²) in [6, 6.07) is 3.74. The highest BCUT2D eigenvalue weighted by Gasteiger charge is 2.17. The van der Waals surface area contributed by atoms with Gasteiger partial charge in [0.1, 0.15) is 13.2 Å². The lowest BCUT2D eigenvalue weighted by molar-refractivity contribution is -0.140. The minimum atomic E-state index is -0.771. The molecule has 4 nitrogen and oxygen atoms in total. The Bertz CT molecular complexity index is 478. The molecular weight excluding hydrogens is 288 g/mol. The van der Waals surface area contributed by atoms with E-state index in [1.807, 2.05) is 12.1 Å². The van der Waals surface area contributed by atoms with E-state index >= 15 is 0 Å². The number of fused-ring (bicyclic) bond motifs is 1. The van der Waals surface area contributed by atoms with Gasteiger partial charge in [0.25, 0.3) is 0 Å². The minimum Gasteiger partial charge on any atom is -0.486 e. The second-order valence-corrected chi connectivity index (χ2v) is 5.79. The molecule has 0 saturated carbocycles. The highest BCUT2D eigenvalue weighted by atomic mass is 35.5. The predicted octanol–water partition coefficient (Wildman–Crippen LogP) is 3.07. The van der Waals surface area contributed by atoms with Crippen LogP contribution < -0.4 is 9.47 Å². The fourth-order valence-corrected chi connectivity index (χ4v) is 2.98. The molecule has 0 spiro atoms. The highest BCUT2D eigenvalue weighted by molar-refractivity contribution is 7.98. The van der Waals surface area contributed by atoms with Crippen LogP contribution in [-0.4, -0.2) is 30.0 Å². The number of carboxylic acid groups (broad SMARTS) is 1. The van der Waals surface area contributed by atoms with Crippen molar-refractivity contribution in [1.29, 1.82) is 0 Å². The Morgan fingerprint density at radius 2 is 2.21 bits per heavy atom. The Morgan fingerprint density at radius 1 is 1.47 bits per heavy atom. The van der Waals surface area contributed by atoms with Crippen LogP contribution in [0.25, 0.3) is 0 Å². The van der Waals surface area contributed by atoms with Gasteiger partial charge in [0, 0.05) is 11.5 Å². The first-order chi connectivity index (χ1) is 9.08. The van der Waals surface area contributed by atoms with Gasteiger partial charge in [-0.25, -0.2) is 0 Å². The fourth-order valence-electron chi connectivity index (χ4n) is 1.67. The number of carbonyl (C=O) groups is 1. The summed E-state index contributed by atoms with van der Waals surface area (Å²) < 4.78 is 10.9. The average Bonchev–Trinajstić information content (AvgIpc) is 2.38. The van der Waals surface area contributed by atoms with Crippen molar-refractivity contribution in [2.24, 2.45) is 5.92 Å².